The molecule has 1 aliphatic carbocycles. The molecule has 4 nitrogen and oxygen atoms in total. The highest BCUT2D eigenvalue weighted by Gasteiger charge is 2.36. The highest BCUT2D eigenvalue weighted by molar-refractivity contribution is 5.78. The topological polar surface area (TPSA) is 52.6 Å². The van der Waals surface area contributed by atoms with Crippen LogP contribution >= 0.6 is 0 Å². The number of carbonyl (C=O) groups excluding carboxylic acids is 1. The average Bonchev–Trinajstić information content (AvgIpc) is 3.06. The van der Waals surface area contributed by atoms with E-state index in [1.807, 2.05) is 12.1 Å². The number of amides is 1. The first-order chi connectivity index (χ1) is 11.6. The monoisotopic (exact) mass is 334 g/mol. The van der Waals surface area contributed by atoms with Gasteiger partial charge >= 0.3 is 0 Å². The Kier molecular flexibility index (Phi) is 5.51. The summed E-state index contributed by atoms with van der Waals surface area (Å²) in [5, 5.41) is 12.6. The molecule has 1 heterocycles. The molecule has 3 rings (SSSR count). The van der Waals surface area contributed by atoms with Crippen LogP contribution in [-0.4, -0.2) is 48.2 Å². The molecule has 1 saturated heterocycles. The first-order valence-electron chi connectivity index (χ1n) is 9.01. The number of rotatable bonds is 5. The van der Waals surface area contributed by atoms with E-state index in [1.165, 1.54) is 12.1 Å². The molecule has 2 N–H and O–H groups in total. The van der Waals surface area contributed by atoms with Crippen molar-refractivity contribution in [3.63, 3.8) is 0 Å². The Labute approximate surface area is 143 Å². The Bertz CT molecular complexity index is 547. The first-order valence-corrected chi connectivity index (χ1v) is 9.01. The maximum Gasteiger partial charge on any atom is 0.234 e. The summed E-state index contributed by atoms with van der Waals surface area (Å²) in [6, 6.07) is 6.74. The van der Waals surface area contributed by atoms with Gasteiger partial charge in [-0.2, -0.15) is 0 Å². The quantitative estimate of drug-likeness (QED) is 0.868. The van der Waals surface area contributed by atoms with Crippen LogP contribution in [0.25, 0.3) is 0 Å². The van der Waals surface area contributed by atoms with Gasteiger partial charge in [-0.1, -0.05) is 25.0 Å². The van der Waals surface area contributed by atoms with E-state index in [0.717, 1.165) is 57.2 Å². The largest absolute Gasteiger partial charge is 0.393 e. The van der Waals surface area contributed by atoms with Crippen LogP contribution in [0.2, 0.25) is 0 Å². The average molecular weight is 334 g/mol. The number of piperidine rings is 1. The predicted octanol–water partition coefficient (Wildman–Crippen LogP) is 2.21. The molecule has 2 aliphatic rings. The van der Waals surface area contributed by atoms with Gasteiger partial charge in [0.2, 0.25) is 5.91 Å². The van der Waals surface area contributed by atoms with E-state index in [9.17, 15) is 14.3 Å². The third-order valence-electron chi connectivity index (χ3n) is 5.57. The molecule has 5 heteroatoms. The molecule has 0 unspecified atom stereocenters. The van der Waals surface area contributed by atoms with Crippen molar-refractivity contribution in [3.8, 4) is 0 Å². The summed E-state index contributed by atoms with van der Waals surface area (Å²) in [7, 11) is 0. The zero-order valence-corrected chi connectivity index (χ0v) is 14.1. The van der Waals surface area contributed by atoms with Crippen molar-refractivity contribution < 1.29 is 14.3 Å². The van der Waals surface area contributed by atoms with Crippen molar-refractivity contribution >= 4 is 5.91 Å². The van der Waals surface area contributed by atoms with E-state index in [2.05, 4.69) is 10.2 Å². The second kappa shape index (κ2) is 7.62. The normalized spacial score (nSPS) is 21.8. The molecule has 1 amide bonds. The third-order valence-corrected chi connectivity index (χ3v) is 5.57. The molecule has 0 radical (unpaired) electrons. The Hall–Kier alpha value is -1.46. The fourth-order valence-corrected chi connectivity index (χ4v) is 4.03. The van der Waals surface area contributed by atoms with Gasteiger partial charge in [-0.15, -0.1) is 0 Å². The van der Waals surface area contributed by atoms with E-state index in [0.29, 0.717) is 13.1 Å². The van der Waals surface area contributed by atoms with Crippen LogP contribution in [0.3, 0.4) is 0 Å². The van der Waals surface area contributed by atoms with Crippen molar-refractivity contribution in [3.05, 3.63) is 35.6 Å². The summed E-state index contributed by atoms with van der Waals surface area (Å²) in [4.78, 5) is 14.4. The summed E-state index contributed by atoms with van der Waals surface area (Å²) in [5.41, 5.74) is 1.07. The molecule has 0 bridgehead atoms. The van der Waals surface area contributed by atoms with Crippen LogP contribution < -0.4 is 5.32 Å². The van der Waals surface area contributed by atoms with E-state index < -0.39 is 0 Å². The zero-order chi connectivity index (χ0) is 17.0. The number of hydrogen-bond donors (Lipinski definition) is 2. The molecular formula is C19H27FN2O2. The summed E-state index contributed by atoms with van der Waals surface area (Å²) < 4.78 is 13.2. The summed E-state index contributed by atoms with van der Waals surface area (Å²) in [6.07, 6.45) is 5.64. The molecule has 1 aliphatic heterocycles. The van der Waals surface area contributed by atoms with Gasteiger partial charge in [-0.25, -0.2) is 4.39 Å². The van der Waals surface area contributed by atoms with Crippen LogP contribution in [0.4, 0.5) is 4.39 Å². The highest BCUT2D eigenvalue weighted by Crippen LogP contribution is 2.40. The van der Waals surface area contributed by atoms with Crippen LogP contribution in [-0.2, 0) is 10.2 Å². The van der Waals surface area contributed by atoms with Crippen molar-refractivity contribution in [2.75, 3.05) is 26.2 Å². The van der Waals surface area contributed by atoms with Crippen LogP contribution in [0.1, 0.15) is 44.1 Å². The minimum Gasteiger partial charge on any atom is -0.393 e. The molecule has 132 valence electrons. The number of likely N-dealkylation sites (tertiary alicyclic amines) is 1. The maximum absolute atomic E-state index is 13.2. The van der Waals surface area contributed by atoms with Crippen molar-refractivity contribution in [2.45, 2.75) is 50.0 Å². The predicted molar refractivity (Wildman–Crippen MR) is 91.2 cm³/mol. The summed E-state index contributed by atoms with van der Waals surface area (Å²) >= 11 is 0. The highest BCUT2D eigenvalue weighted by atomic mass is 19.1. The second-order valence-electron chi connectivity index (χ2n) is 7.28. The molecule has 1 aromatic rings. The van der Waals surface area contributed by atoms with Crippen LogP contribution in [0, 0.1) is 5.82 Å². The number of nitrogens with zero attached hydrogens (tertiary/aromatic N) is 1. The van der Waals surface area contributed by atoms with E-state index in [4.69, 9.17) is 0 Å². The lowest BCUT2D eigenvalue weighted by Crippen LogP contribution is -2.45. The van der Waals surface area contributed by atoms with Gasteiger partial charge in [0.25, 0.3) is 0 Å². The Morgan fingerprint density at radius 3 is 2.46 bits per heavy atom. The van der Waals surface area contributed by atoms with Gasteiger partial charge in [0.15, 0.2) is 0 Å². The zero-order valence-electron chi connectivity index (χ0n) is 14.1. The van der Waals surface area contributed by atoms with Gasteiger partial charge in [-0.05, 0) is 43.4 Å². The fourth-order valence-electron chi connectivity index (χ4n) is 4.03. The standard InChI is InChI=1S/C19H27FN2O2/c20-16-5-3-15(4-6-16)19(9-1-2-10-19)14-21-18(24)13-22-11-7-17(23)8-12-22/h3-6,17,23H,1-2,7-14H2,(H,21,24). The number of halogens is 1. The molecule has 1 saturated carbocycles. The SMILES string of the molecule is O=C(CN1CCC(O)CC1)NCC1(c2ccc(F)cc2)CCCC1. The molecular weight excluding hydrogens is 307 g/mol. The Morgan fingerprint density at radius 2 is 1.83 bits per heavy atom. The Balaban J connectivity index is 1.56. The van der Waals surface area contributed by atoms with E-state index >= 15 is 0 Å². The molecule has 0 atom stereocenters. The van der Waals surface area contributed by atoms with Gasteiger partial charge in [0.05, 0.1) is 12.6 Å². The minimum atomic E-state index is -0.219. The molecule has 0 aromatic heterocycles. The van der Waals surface area contributed by atoms with Crippen LogP contribution in [0.5, 0.6) is 0 Å². The van der Waals surface area contributed by atoms with Gasteiger partial charge in [-0.3, -0.25) is 9.69 Å². The van der Waals surface area contributed by atoms with E-state index in [1.54, 1.807) is 0 Å². The number of nitrogens with one attached hydrogen (secondary N) is 1. The maximum atomic E-state index is 13.2. The summed E-state index contributed by atoms with van der Waals surface area (Å²) in [5.74, 6) is -0.178. The lowest BCUT2D eigenvalue weighted by Gasteiger charge is -2.32. The molecule has 24 heavy (non-hydrogen) atoms. The van der Waals surface area contributed by atoms with Crippen molar-refractivity contribution in [2.24, 2.45) is 0 Å². The number of benzene rings is 1. The third kappa shape index (κ3) is 4.14. The minimum absolute atomic E-state index is 0.0415. The fraction of sp³-hybridized carbons (Fsp3) is 0.632. The van der Waals surface area contributed by atoms with Gasteiger partial charge in [0, 0.05) is 25.0 Å². The molecule has 0 spiro atoms. The lowest BCUT2D eigenvalue weighted by atomic mass is 9.79. The summed E-state index contributed by atoms with van der Waals surface area (Å²) in [6.45, 7) is 2.57. The van der Waals surface area contributed by atoms with Gasteiger partial charge in [0.1, 0.15) is 5.82 Å². The van der Waals surface area contributed by atoms with Gasteiger partial charge < -0.3 is 10.4 Å². The molecule has 2 fully saturated rings. The van der Waals surface area contributed by atoms with Crippen molar-refractivity contribution in [1.29, 1.82) is 0 Å². The number of carbonyl (C=O) groups is 1. The first kappa shape index (κ1) is 17.4. The smallest absolute Gasteiger partial charge is 0.234 e. The van der Waals surface area contributed by atoms with Crippen LogP contribution in [0.15, 0.2) is 24.3 Å². The van der Waals surface area contributed by atoms with E-state index in [-0.39, 0.29) is 23.2 Å². The van der Waals surface area contributed by atoms with Crippen molar-refractivity contribution in [1.82, 2.24) is 10.2 Å². The number of aliphatic hydroxyl groups is 1. The second-order valence-corrected chi connectivity index (χ2v) is 7.28. The number of hydrogen-bond acceptors (Lipinski definition) is 3. The number of aliphatic hydroxyl groups excluding tert-OH is 1. The lowest BCUT2D eigenvalue weighted by molar-refractivity contribution is -0.123. The Morgan fingerprint density at radius 1 is 1.21 bits per heavy atom. The molecule has 1 aromatic carbocycles.